The van der Waals surface area contributed by atoms with Gasteiger partial charge in [-0.3, -0.25) is 9.69 Å². The van der Waals surface area contributed by atoms with E-state index < -0.39 is 0 Å². The molecule has 6 rings (SSSR count). The van der Waals surface area contributed by atoms with E-state index >= 15 is 0 Å². The first-order valence-electron chi connectivity index (χ1n) is 12.4. The Kier molecular flexibility index (Phi) is 4.84. The van der Waals surface area contributed by atoms with Gasteiger partial charge in [0.25, 0.3) is 0 Å². The number of aromatic amines is 1. The van der Waals surface area contributed by atoms with Gasteiger partial charge >= 0.3 is 0 Å². The van der Waals surface area contributed by atoms with Gasteiger partial charge < -0.3 is 4.98 Å². The highest BCUT2D eigenvalue weighted by molar-refractivity contribution is 7.19. The fourth-order valence-electron chi connectivity index (χ4n) is 6.49. The van der Waals surface area contributed by atoms with Crippen molar-refractivity contribution in [2.24, 2.45) is 5.92 Å². The molecule has 4 aromatic heterocycles. The van der Waals surface area contributed by atoms with Crippen LogP contribution in [0.4, 0.5) is 0 Å². The maximum absolute atomic E-state index is 11.6. The van der Waals surface area contributed by atoms with Crippen molar-refractivity contribution in [3.05, 3.63) is 39.7 Å². The third kappa shape index (κ3) is 3.06. The molecule has 6 nitrogen and oxygen atoms in total. The van der Waals surface area contributed by atoms with Gasteiger partial charge in [-0.25, -0.2) is 9.50 Å². The molecule has 1 unspecified atom stereocenters. The van der Waals surface area contributed by atoms with Gasteiger partial charge in [0, 0.05) is 34.0 Å². The first-order chi connectivity index (χ1) is 16.2. The zero-order chi connectivity index (χ0) is 23.9. The van der Waals surface area contributed by atoms with Crippen molar-refractivity contribution in [1.29, 1.82) is 0 Å². The molecule has 1 saturated heterocycles. The van der Waals surface area contributed by atoms with Crippen LogP contribution in [-0.2, 0) is 10.2 Å². The number of pyridine rings is 1. The van der Waals surface area contributed by atoms with E-state index in [9.17, 15) is 4.79 Å². The Bertz CT molecular complexity index is 1460. The molecule has 2 fully saturated rings. The third-order valence-electron chi connectivity index (χ3n) is 8.38. The Morgan fingerprint density at radius 2 is 2.06 bits per heavy atom. The fraction of sp³-hybridized carbons (Fsp3) is 0.519. The number of thiophene rings is 1. The van der Waals surface area contributed by atoms with Crippen LogP contribution in [0, 0.1) is 26.7 Å². The highest BCUT2D eigenvalue weighted by Gasteiger charge is 2.59. The monoisotopic (exact) mass is 475 g/mol. The number of piperidine rings is 1. The largest absolute Gasteiger partial charge is 0.346 e. The van der Waals surface area contributed by atoms with Gasteiger partial charge in [-0.05, 0) is 81.2 Å². The van der Waals surface area contributed by atoms with Gasteiger partial charge in [0.15, 0.2) is 5.65 Å². The maximum Gasteiger partial charge on any atom is 0.158 e. The van der Waals surface area contributed by atoms with E-state index in [1.54, 1.807) is 18.1 Å². The van der Waals surface area contributed by atoms with E-state index in [0.717, 1.165) is 18.7 Å². The van der Waals surface area contributed by atoms with Crippen molar-refractivity contribution in [1.82, 2.24) is 24.5 Å². The molecule has 0 aromatic carbocycles. The summed E-state index contributed by atoms with van der Waals surface area (Å²) >= 11 is 1.97. The summed E-state index contributed by atoms with van der Waals surface area (Å²) in [6.07, 6.45) is 6.19. The SMILES string of the molecule is CC(=O)CN1CC[C@@]2(c3sc4[nH]c(-c5cn6ncnc6c(C)c5C)c(C(C)C)c4c3C)CC2C1. The first kappa shape index (κ1) is 22.0. The van der Waals surface area contributed by atoms with Crippen molar-refractivity contribution in [2.45, 2.75) is 65.7 Å². The second kappa shape index (κ2) is 7.49. The fourth-order valence-corrected chi connectivity index (χ4v) is 8.02. The highest BCUT2D eigenvalue weighted by Crippen LogP contribution is 2.62. The normalized spacial score (nSPS) is 22.7. The van der Waals surface area contributed by atoms with Crippen LogP contribution in [0.25, 0.3) is 27.1 Å². The molecule has 1 saturated carbocycles. The number of carbonyl (C=O) groups excluding carboxylic acids is 1. The Balaban J connectivity index is 1.45. The summed E-state index contributed by atoms with van der Waals surface area (Å²) < 4.78 is 1.90. The Morgan fingerprint density at radius 1 is 1.26 bits per heavy atom. The third-order valence-corrected chi connectivity index (χ3v) is 9.81. The van der Waals surface area contributed by atoms with E-state index in [4.69, 9.17) is 0 Å². The Morgan fingerprint density at radius 3 is 2.76 bits per heavy atom. The van der Waals surface area contributed by atoms with Crippen molar-refractivity contribution in [2.75, 3.05) is 19.6 Å². The lowest BCUT2D eigenvalue weighted by molar-refractivity contribution is -0.118. The number of likely N-dealkylation sites (tertiary alicyclic amines) is 1. The minimum Gasteiger partial charge on any atom is -0.346 e. The van der Waals surface area contributed by atoms with Gasteiger partial charge in [0.1, 0.15) is 16.9 Å². The molecule has 34 heavy (non-hydrogen) atoms. The van der Waals surface area contributed by atoms with Crippen LogP contribution in [0.15, 0.2) is 12.5 Å². The molecule has 0 bridgehead atoms. The van der Waals surface area contributed by atoms with E-state index in [1.165, 1.54) is 56.6 Å². The van der Waals surface area contributed by atoms with Crippen molar-refractivity contribution >= 4 is 33.0 Å². The lowest BCUT2D eigenvalue weighted by Gasteiger charge is -2.31. The second-order valence-electron chi connectivity index (χ2n) is 10.9. The number of ketones is 1. The van der Waals surface area contributed by atoms with Crippen LogP contribution >= 0.6 is 11.3 Å². The molecular weight excluding hydrogens is 442 g/mol. The maximum atomic E-state index is 11.6. The van der Waals surface area contributed by atoms with Crippen LogP contribution in [-0.4, -0.2) is 49.9 Å². The predicted molar refractivity (Wildman–Crippen MR) is 138 cm³/mol. The standard InChI is InChI=1S/C27H33N5OS/c1-14(2)21-22-18(6)24(27-7-8-31(10-15(3)33)11-19(27)9-27)34-26(22)30-23(21)20-12-32-25(28-13-29-32)17(5)16(20)4/h12-14,19,30H,7-11H2,1-6H3/t19?,27-/m1/s1. The number of hydrogen-bond donors (Lipinski definition) is 1. The topological polar surface area (TPSA) is 66.3 Å². The molecule has 1 N–H and O–H groups in total. The zero-order valence-electron chi connectivity index (χ0n) is 21.0. The number of rotatable bonds is 5. The summed E-state index contributed by atoms with van der Waals surface area (Å²) in [6, 6.07) is 0. The van der Waals surface area contributed by atoms with E-state index in [-0.39, 0.29) is 5.78 Å². The number of hydrogen-bond acceptors (Lipinski definition) is 5. The lowest BCUT2D eigenvalue weighted by Crippen LogP contribution is -2.38. The molecule has 7 heteroatoms. The van der Waals surface area contributed by atoms with Gasteiger partial charge in [0.05, 0.1) is 12.2 Å². The first-order valence-corrected chi connectivity index (χ1v) is 13.2. The number of Topliss-reactive ketones (excluding diaryl/α,β-unsaturated/α-hetero) is 1. The van der Waals surface area contributed by atoms with Crippen LogP contribution in [0.1, 0.15) is 66.7 Å². The average Bonchev–Trinajstić information content (AvgIpc) is 3.06. The van der Waals surface area contributed by atoms with Gasteiger partial charge in [-0.1, -0.05) is 13.8 Å². The van der Waals surface area contributed by atoms with Gasteiger partial charge in [-0.15, -0.1) is 11.3 Å². The minimum absolute atomic E-state index is 0.275. The summed E-state index contributed by atoms with van der Waals surface area (Å²) in [5.74, 6) is 1.36. The van der Waals surface area contributed by atoms with Crippen LogP contribution < -0.4 is 0 Å². The van der Waals surface area contributed by atoms with E-state index in [0.29, 0.717) is 23.8 Å². The summed E-state index contributed by atoms with van der Waals surface area (Å²) in [4.78, 5) is 25.1. The predicted octanol–water partition coefficient (Wildman–Crippen LogP) is 5.54. The molecule has 0 radical (unpaired) electrons. The van der Waals surface area contributed by atoms with Crippen LogP contribution in [0.2, 0.25) is 0 Å². The quantitative estimate of drug-likeness (QED) is 0.412. The molecule has 1 aliphatic heterocycles. The molecule has 5 heterocycles. The number of carbonyl (C=O) groups is 1. The van der Waals surface area contributed by atoms with Gasteiger partial charge in [-0.2, -0.15) is 5.10 Å². The molecule has 0 spiro atoms. The van der Waals surface area contributed by atoms with Crippen LogP contribution in [0.5, 0.6) is 0 Å². The molecule has 0 amide bonds. The highest BCUT2D eigenvalue weighted by atomic mass is 32.1. The molecular formula is C27H33N5OS. The number of nitrogens with one attached hydrogen (secondary N) is 1. The van der Waals surface area contributed by atoms with Crippen molar-refractivity contribution < 1.29 is 4.79 Å². The minimum atomic E-state index is 0.275. The average molecular weight is 476 g/mol. The smallest absolute Gasteiger partial charge is 0.158 e. The van der Waals surface area contributed by atoms with Crippen molar-refractivity contribution in [3.63, 3.8) is 0 Å². The van der Waals surface area contributed by atoms with Gasteiger partial charge in [0.2, 0.25) is 0 Å². The summed E-state index contributed by atoms with van der Waals surface area (Å²) in [5, 5.41) is 5.85. The number of fused-ring (bicyclic) bond motifs is 3. The Hall–Kier alpha value is -2.51. The summed E-state index contributed by atoms with van der Waals surface area (Å²) in [5.41, 5.74) is 9.00. The molecule has 4 aromatic rings. The summed E-state index contributed by atoms with van der Waals surface area (Å²) in [6.45, 7) is 15.7. The van der Waals surface area contributed by atoms with Crippen molar-refractivity contribution in [3.8, 4) is 11.3 Å². The number of nitrogens with zero attached hydrogens (tertiary/aromatic N) is 4. The van der Waals surface area contributed by atoms with Crippen LogP contribution in [0.3, 0.4) is 0 Å². The lowest BCUT2D eigenvalue weighted by atomic mass is 9.88. The van der Waals surface area contributed by atoms with E-state index in [1.807, 2.05) is 15.9 Å². The second-order valence-corrected chi connectivity index (χ2v) is 11.9. The Labute approximate surface area is 204 Å². The molecule has 2 atom stereocenters. The number of aryl methyl sites for hydroxylation is 2. The summed E-state index contributed by atoms with van der Waals surface area (Å²) in [7, 11) is 0. The molecule has 178 valence electrons. The molecule has 1 aliphatic carbocycles. The number of aromatic nitrogens is 4. The number of H-pyrrole nitrogens is 1. The van der Waals surface area contributed by atoms with E-state index in [2.05, 4.69) is 60.8 Å². The molecule has 2 aliphatic rings. The zero-order valence-corrected chi connectivity index (χ0v) is 21.8.